The van der Waals surface area contributed by atoms with Gasteiger partial charge in [0, 0.05) is 18.7 Å². The minimum absolute atomic E-state index is 0.125. The second kappa shape index (κ2) is 16.3. The third kappa shape index (κ3) is 9.86. The van der Waals surface area contributed by atoms with Gasteiger partial charge in [-0.25, -0.2) is 8.42 Å². The van der Waals surface area contributed by atoms with Crippen molar-refractivity contribution >= 4 is 33.7 Å². The van der Waals surface area contributed by atoms with E-state index in [-0.39, 0.29) is 18.7 Å². The summed E-state index contributed by atoms with van der Waals surface area (Å²) in [6.45, 7) is 4.67. The summed E-state index contributed by atoms with van der Waals surface area (Å²) >= 11 is 1.50. The molecule has 0 spiro atoms. The number of carboxylic acids is 1. The number of carbonyl (C=O) groups excluding carboxylic acids is 2. The second-order valence-electron chi connectivity index (χ2n) is 11.1. The van der Waals surface area contributed by atoms with Crippen LogP contribution < -0.4 is 10.4 Å². The van der Waals surface area contributed by atoms with E-state index in [1.165, 1.54) is 31.0 Å². The van der Waals surface area contributed by atoms with Gasteiger partial charge in [-0.2, -0.15) is 16.1 Å². The Morgan fingerprint density at radius 1 is 1.10 bits per heavy atom. The van der Waals surface area contributed by atoms with Gasteiger partial charge in [0.15, 0.2) is 0 Å². The minimum atomic E-state index is -3.45. The monoisotopic (exact) mass is 601 g/mol. The van der Waals surface area contributed by atoms with Gasteiger partial charge in [-0.3, -0.25) is 4.79 Å². The molecule has 0 radical (unpaired) electrons. The lowest BCUT2D eigenvalue weighted by Gasteiger charge is -2.27. The molecule has 1 N–H and O–H groups in total. The van der Waals surface area contributed by atoms with Crippen LogP contribution in [-0.4, -0.2) is 54.9 Å². The Bertz CT molecular complexity index is 1260. The van der Waals surface area contributed by atoms with Crippen LogP contribution in [0.3, 0.4) is 0 Å². The van der Waals surface area contributed by atoms with E-state index in [1.54, 1.807) is 16.4 Å². The zero-order chi connectivity index (χ0) is 29.8. The Kier molecular flexibility index (Phi) is 13.2. The van der Waals surface area contributed by atoms with Gasteiger partial charge in [0.05, 0.1) is 17.8 Å². The number of rotatable bonds is 16. The highest BCUT2D eigenvalue weighted by atomic mass is 32.2. The van der Waals surface area contributed by atoms with Crippen molar-refractivity contribution in [1.29, 1.82) is 0 Å². The Labute approximate surface area is 250 Å². The number of amides is 1. The smallest absolute Gasteiger partial charge is 0.252 e. The molecule has 1 aliphatic carbocycles. The lowest BCUT2D eigenvalue weighted by Crippen LogP contribution is -2.48. The highest BCUT2D eigenvalue weighted by molar-refractivity contribution is 7.98. The first-order valence-corrected chi connectivity index (χ1v) is 17.8. The molecule has 1 fully saturated rings. The summed E-state index contributed by atoms with van der Waals surface area (Å²) in [4.78, 5) is 25.1. The quantitative estimate of drug-likeness (QED) is 0.285. The van der Waals surface area contributed by atoms with Crippen molar-refractivity contribution in [3.63, 3.8) is 0 Å². The molecule has 0 unspecified atom stereocenters. The van der Waals surface area contributed by atoms with Crippen molar-refractivity contribution in [3.8, 4) is 11.1 Å². The van der Waals surface area contributed by atoms with Gasteiger partial charge in [-0.05, 0) is 78.5 Å². The number of unbranched alkanes of at least 4 members (excludes halogenated alkanes) is 1. The van der Waals surface area contributed by atoms with Gasteiger partial charge in [0.25, 0.3) is 5.91 Å². The van der Waals surface area contributed by atoms with E-state index in [9.17, 15) is 23.1 Å². The van der Waals surface area contributed by atoms with Gasteiger partial charge in [0.2, 0.25) is 10.0 Å². The molecule has 0 saturated heterocycles. The zero-order valence-electron chi connectivity index (χ0n) is 24.7. The average molecular weight is 602 g/mol. The van der Waals surface area contributed by atoms with Crippen molar-refractivity contribution in [2.75, 3.05) is 24.3 Å². The molecule has 0 heterocycles. The second-order valence-corrected chi connectivity index (χ2v) is 14.2. The number of sulfonamides is 1. The van der Waals surface area contributed by atoms with E-state index < -0.39 is 27.9 Å². The van der Waals surface area contributed by atoms with Gasteiger partial charge in [-0.1, -0.05) is 75.8 Å². The number of aliphatic carboxylic acids is 1. The molecule has 9 heteroatoms. The van der Waals surface area contributed by atoms with Crippen LogP contribution in [-0.2, 0) is 21.4 Å². The Balaban J connectivity index is 1.94. The molecule has 2 aromatic carbocycles. The van der Waals surface area contributed by atoms with Crippen molar-refractivity contribution in [2.24, 2.45) is 5.92 Å². The van der Waals surface area contributed by atoms with Crippen LogP contribution in [0.5, 0.6) is 0 Å². The largest absolute Gasteiger partial charge is 0.548 e. The average Bonchev–Trinajstić information content (AvgIpc) is 2.96. The van der Waals surface area contributed by atoms with Crippen molar-refractivity contribution in [3.05, 3.63) is 59.2 Å². The highest BCUT2D eigenvalue weighted by Crippen LogP contribution is 2.30. The number of carbonyl (C=O) groups is 2. The number of hydrogen-bond donors (Lipinski definition) is 1. The molecule has 0 aliphatic heterocycles. The van der Waals surface area contributed by atoms with Crippen LogP contribution in [0.25, 0.3) is 11.1 Å². The standard InChI is InChI=1S/C32H46N2O5S2/c1-4-5-21-41(38,39)34(19-17-25-12-7-6-8-13-25)23-26-15-16-28(29(22-26)27-14-10-9-11-24(27)2)31(35)33-30(32(36)37)18-20-40-3/h9-11,14-16,22,25,30H,4-8,12-13,17-21,23H2,1-3H3,(H,33,35)(H,36,37)/p-1/t30-/m0/s1. The fourth-order valence-corrected chi connectivity index (χ4v) is 7.60. The Morgan fingerprint density at radius 3 is 2.49 bits per heavy atom. The highest BCUT2D eigenvalue weighted by Gasteiger charge is 2.25. The minimum Gasteiger partial charge on any atom is -0.548 e. The first-order chi connectivity index (χ1) is 19.7. The molecule has 1 aliphatic rings. The lowest BCUT2D eigenvalue weighted by molar-refractivity contribution is -0.308. The van der Waals surface area contributed by atoms with Crippen LogP contribution >= 0.6 is 11.8 Å². The third-order valence-corrected chi connectivity index (χ3v) is 10.5. The molecule has 7 nitrogen and oxygen atoms in total. The normalized spacial score (nSPS) is 15.1. The molecule has 1 amide bonds. The summed E-state index contributed by atoms with van der Waals surface area (Å²) in [6, 6.07) is 12.0. The maximum atomic E-state index is 13.4. The van der Waals surface area contributed by atoms with Crippen LogP contribution in [0, 0.1) is 12.8 Å². The predicted octanol–water partition coefficient (Wildman–Crippen LogP) is 5.17. The molecule has 1 atom stereocenters. The van der Waals surface area contributed by atoms with Crippen molar-refractivity contribution in [2.45, 2.75) is 84.2 Å². The van der Waals surface area contributed by atoms with Gasteiger partial charge < -0.3 is 15.2 Å². The Morgan fingerprint density at radius 2 is 1.83 bits per heavy atom. The van der Waals surface area contributed by atoms with E-state index in [2.05, 4.69) is 5.32 Å². The number of hydrogen-bond acceptors (Lipinski definition) is 6. The molecule has 1 saturated carbocycles. The first-order valence-electron chi connectivity index (χ1n) is 14.8. The molecule has 0 bridgehead atoms. The van der Waals surface area contributed by atoms with E-state index in [0.29, 0.717) is 35.8 Å². The SMILES string of the molecule is CCCCS(=O)(=O)N(CCC1CCCCC1)Cc1ccc(C(=O)N[C@@H](CCSC)C(=O)[O-])c(-c2ccccc2C)c1. The van der Waals surface area contributed by atoms with E-state index in [1.807, 2.05) is 50.4 Å². The zero-order valence-corrected chi connectivity index (χ0v) is 26.3. The first kappa shape index (κ1) is 33.1. The summed E-state index contributed by atoms with van der Waals surface area (Å²) in [7, 11) is -3.45. The fourth-order valence-electron chi connectivity index (χ4n) is 5.48. The molecular weight excluding hydrogens is 556 g/mol. The van der Waals surface area contributed by atoms with E-state index in [0.717, 1.165) is 42.4 Å². The van der Waals surface area contributed by atoms with Crippen molar-refractivity contribution in [1.82, 2.24) is 9.62 Å². The molecule has 3 rings (SSSR count). The lowest BCUT2D eigenvalue weighted by atomic mass is 9.87. The molecule has 226 valence electrons. The molecule has 0 aromatic heterocycles. The third-order valence-electron chi connectivity index (χ3n) is 7.98. The Hall–Kier alpha value is -2.36. The van der Waals surface area contributed by atoms with E-state index >= 15 is 0 Å². The fraction of sp³-hybridized carbons (Fsp3) is 0.562. The van der Waals surface area contributed by atoms with Crippen LogP contribution in [0.2, 0.25) is 0 Å². The predicted molar refractivity (Wildman–Crippen MR) is 166 cm³/mol. The molecular formula is C32H45N2O5S2-. The molecule has 41 heavy (non-hydrogen) atoms. The van der Waals surface area contributed by atoms with Gasteiger partial charge in [0.1, 0.15) is 0 Å². The van der Waals surface area contributed by atoms with Crippen LogP contribution in [0.15, 0.2) is 42.5 Å². The maximum Gasteiger partial charge on any atom is 0.252 e. The number of carboxylic acid groups (broad SMARTS) is 1. The summed E-state index contributed by atoms with van der Waals surface area (Å²) in [5.74, 6) is -0.544. The summed E-state index contributed by atoms with van der Waals surface area (Å²) in [5, 5.41) is 14.3. The number of aryl methyl sites for hydroxylation is 1. The number of thioether (sulfide) groups is 1. The maximum absolute atomic E-state index is 13.4. The number of nitrogens with zero attached hydrogens (tertiary/aromatic N) is 1. The van der Waals surface area contributed by atoms with Crippen LogP contribution in [0.1, 0.15) is 86.2 Å². The summed E-state index contributed by atoms with van der Waals surface area (Å²) < 4.78 is 28.5. The van der Waals surface area contributed by atoms with Crippen LogP contribution in [0.4, 0.5) is 0 Å². The summed E-state index contributed by atoms with van der Waals surface area (Å²) in [6.07, 6.45) is 10.4. The van der Waals surface area contributed by atoms with Crippen molar-refractivity contribution < 1.29 is 23.1 Å². The summed E-state index contributed by atoms with van der Waals surface area (Å²) in [5.41, 5.74) is 3.60. The number of nitrogens with one attached hydrogen (secondary N) is 1. The molecule has 2 aromatic rings. The van der Waals surface area contributed by atoms with E-state index in [4.69, 9.17) is 0 Å². The number of benzene rings is 2. The topological polar surface area (TPSA) is 107 Å². The van der Waals surface area contributed by atoms with Gasteiger partial charge in [-0.15, -0.1) is 0 Å². The van der Waals surface area contributed by atoms with Gasteiger partial charge >= 0.3 is 0 Å².